The van der Waals surface area contributed by atoms with Crippen molar-refractivity contribution in [3.05, 3.63) is 90.3 Å². The first kappa shape index (κ1) is 20.0. The second kappa shape index (κ2) is 9.50. The maximum absolute atomic E-state index is 13.2. The molecule has 0 radical (unpaired) electrons. The summed E-state index contributed by atoms with van der Waals surface area (Å²) in [6.07, 6.45) is 3.52. The Morgan fingerprint density at radius 1 is 0.833 bits per heavy atom. The average Bonchev–Trinajstić information content (AvgIpc) is 2.83. The normalized spacial score (nSPS) is 15.7. The number of hydrogen-bond donors (Lipinski definition) is 1. The number of rotatable bonds is 6. The van der Waals surface area contributed by atoms with Crippen LogP contribution in [-0.4, -0.2) is 53.0 Å². The summed E-state index contributed by atoms with van der Waals surface area (Å²) in [6.45, 7) is 5.20. The molecule has 6 heteroatoms. The summed E-state index contributed by atoms with van der Waals surface area (Å²) < 4.78 is 0. The number of amides is 1. The monoisotopic (exact) mass is 401 g/mol. The fraction of sp³-hybridized carbons (Fsp3) is 0.292. The van der Waals surface area contributed by atoms with Crippen molar-refractivity contribution >= 4 is 11.9 Å². The number of benzene rings is 2. The lowest BCUT2D eigenvalue weighted by Crippen LogP contribution is -2.54. The van der Waals surface area contributed by atoms with E-state index >= 15 is 0 Å². The minimum absolute atomic E-state index is 0.0390. The summed E-state index contributed by atoms with van der Waals surface area (Å²) in [6, 6.07) is 21.7. The van der Waals surface area contributed by atoms with Crippen LogP contribution < -0.4 is 10.2 Å². The van der Waals surface area contributed by atoms with Crippen LogP contribution in [-0.2, 0) is 4.79 Å². The second-order valence-electron chi connectivity index (χ2n) is 7.51. The van der Waals surface area contributed by atoms with E-state index in [1.807, 2.05) is 49.4 Å². The van der Waals surface area contributed by atoms with Gasteiger partial charge in [-0.25, -0.2) is 9.97 Å². The third-order valence-corrected chi connectivity index (χ3v) is 5.63. The van der Waals surface area contributed by atoms with E-state index in [-0.39, 0.29) is 18.0 Å². The van der Waals surface area contributed by atoms with E-state index < -0.39 is 0 Å². The van der Waals surface area contributed by atoms with Crippen molar-refractivity contribution in [1.29, 1.82) is 0 Å². The van der Waals surface area contributed by atoms with Gasteiger partial charge in [-0.1, -0.05) is 60.7 Å². The zero-order chi connectivity index (χ0) is 20.8. The SMILES string of the molecule is C[C@@H](C(=O)NC(c1ccccc1)c1ccccc1)N1CCN(c2ncccn2)CC1. The summed E-state index contributed by atoms with van der Waals surface area (Å²) in [5.74, 6) is 0.791. The van der Waals surface area contributed by atoms with E-state index in [1.54, 1.807) is 12.4 Å². The lowest BCUT2D eigenvalue weighted by atomic mass is 9.98. The zero-order valence-corrected chi connectivity index (χ0v) is 17.2. The molecule has 1 aliphatic rings. The van der Waals surface area contributed by atoms with Crippen LogP contribution in [0.3, 0.4) is 0 Å². The van der Waals surface area contributed by atoms with Crippen molar-refractivity contribution in [3.63, 3.8) is 0 Å². The predicted octanol–water partition coefficient (Wildman–Crippen LogP) is 2.89. The molecule has 0 unspecified atom stereocenters. The Bertz CT molecular complexity index is 888. The molecule has 0 saturated carbocycles. The third-order valence-electron chi connectivity index (χ3n) is 5.63. The molecule has 4 rings (SSSR count). The van der Waals surface area contributed by atoms with Gasteiger partial charge >= 0.3 is 0 Å². The summed E-state index contributed by atoms with van der Waals surface area (Å²) >= 11 is 0. The van der Waals surface area contributed by atoms with Crippen molar-refractivity contribution in [1.82, 2.24) is 20.2 Å². The molecule has 1 aliphatic heterocycles. The Labute approximate surface area is 177 Å². The lowest BCUT2D eigenvalue weighted by Gasteiger charge is -2.37. The number of anilines is 1. The molecule has 1 amide bonds. The van der Waals surface area contributed by atoms with Crippen LogP contribution in [0.2, 0.25) is 0 Å². The smallest absolute Gasteiger partial charge is 0.237 e. The second-order valence-corrected chi connectivity index (χ2v) is 7.51. The van der Waals surface area contributed by atoms with Crippen LogP contribution in [0, 0.1) is 0 Å². The number of hydrogen-bond acceptors (Lipinski definition) is 5. The highest BCUT2D eigenvalue weighted by molar-refractivity contribution is 5.82. The first-order chi connectivity index (χ1) is 14.7. The molecule has 2 heterocycles. The maximum atomic E-state index is 13.2. The number of carbonyl (C=O) groups is 1. The summed E-state index contributed by atoms with van der Waals surface area (Å²) in [4.78, 5) is 26.2. The van der Waals surface area contributed by atoms with Gasteiger partial charge in [-0.15, -0.1) is 0 Å². The topological polar surface area (TPSA) is 61.4 Å². The first-order valence-corrected chi connectivity index (χ1v) is 10.4. The van der Waals surface area contributed by atoms with Crippen molar-refractivity contribution in [2.75, 3.05) is 31.1 Å². The molecule has 0 aliphatic carbocycles. The first-order valence-electron chi connectivity index (χ1n) is 10.4. The molecule has 1 atom stereocenters. The molecule has 154 valence electrons. The van der Waals surface area contributed by atoms with Gasteiger partial charge in [-0.3, -0.25) is 9.69 Å². The number of aromatic nitrogens is 2. The highest BCUT2D eigenvalue weighted by atomic mass is 16.2. The van der Waals surface area contributed by atoms with Gasteiger partial charge in [0.05, 0.1) is 12.1 Å². The largest absolute Gasteiger partial charge is 0.344 e. The Morgan fingerprint density at radius 3 is 1.90 bits per heavy atom. The number of carbonyl (C=O) groups excluding carboxylic acids is 1. The molecule has 30 heavy (non-hydrogen) atoms. The summed E-state index contributed by atoms with van der Waals surface area (Å²) in [5, 5.41) is 3.27. The van der Waals surface area contributed by atoms with E-state index in [9.17, 15) is 4.79 Å². The number of nitrogens with one attached hydrogen (secondary N) is 1. The highest BCUT2D eigenvalue weighted by Gasteiger charge is 2.28. The van der Waals surface area contributed by atoms with Crippen LogP contribution in [0.1, 0.15) is 24.1 Å². The molecule has 1 N–H and O–H groups in total. The predicted molar refractivity (Wildman–Crippen MR) is 118 cm³/mol. The van der Waals surface area contributed by atoms with E-state index in [4.69, 9.17) is 0 Å². The van der Waals surface area contributed by atoms with Gasteiger partial charge in [0.15, 0.2) is 0 Å². The molecule has 3 aromatic rings. The van der Waals surface area contributed by atoms with Crippen LogP contribution in [0.25, 0.3) is 0 Å². The van der Waals surface area contributed by atoms with Crippen molar-refractivity contribution in [3.8, 4) is 0 Å². The van der Waals surface area contributed by atoms with Crippen LogP contribution in [0.5, 0.6) is 0 Å². The standard InChI is InChI=1S/C24H27N5O/c1-19(28-15-17-29(18-16-28)24-25-13-8-14-26-24)23(30)27-22(20-9-4-2-5-10-20)21-11-6-3-7-12-21/h2-14,19,22H,15-18H2,1H3,(H,27,30)/t19-/m0/s1. The Hall–Kier alpha value is -3.25. The summed E-state index contributed by atoms with van der Waals surface area (Å²) in [5.41, 5.74) is 2.16. The minimum atomic E-state index is -0.209. The molecule has 0 spiro atoms. The molecule has 0 bridgehead atoms. The third kappa shape index (κ3) is 4.66. The number of piperazine rings is 1. The fourth-order valence-electron chi connectivity index (χ4n) is 3.84. The maximum Gasteiger partial charge on any atom is 0.237 e. The number of nitrogens with zero attached hydrogens (tertiary/aromatic N) is 4. The van der Waals surface area contributed by atoms with Gasteiger partial charge in [0.25, 0.3) is 0 Å². The van der Waals surface area contributed by atoms with Crippen molar-refractivity contribution in [2.45, 2.75) is 19.0 Å². The fourth-order valence-corrected chi connectivity index (χ4v) is 3.84. The van der Waals surface area contributed by atoms with Gasteiger partial charge in [-0.2, -0.15) is 0 Å². The van der Waals surface area contributed by atoms with Crippen LogP contribution in [0.4, 0.5) is 5.95 Å². The Kier molecular flexibility index (Phi) is 6.35. The molecule has 1 fully saturated rings. The average molecular weight is 402 g/mol. The van der Waals surface area contributed by atoms with Gasteiger partial charge in [0.2, 0.25) is 11.9 Å². The lowest BCUT2D eigenvalue weighted by molar-refractivity contribution is -0.126. The van der Waals surface area contributed by atoms with Gasteiger partial charge < -0.3 is 10.2 Å². The van der Waals surface area contributed by atoms with E-state index in [1.165, 1.54) is 0 Å². The molecule has 1 aromatic heterocycles. The molecule has 1 saturated heterocycles. The highest BCUT2D eigenvalue weighted by Crippen LogP contribution is 2.22. The molecular formula is C24H27N5O. The summed E-state index contributed by atoms with van der Waals surface area (Å²) in [7, 11) is 0. The van der Waals surface area contributed by atoms with Crippen LogP contribution >= 0.6 is 0 Å². The molecule has 2 aromatic carbocycles. The van der Waals surface area contributed by atoms with E-state index in [0.29, 0.717) is 0 Å². The van der Waals surface area contributed by atoms with E-state index in [0.717, 1.165) is 43.3 Å². The van der Waals surface area contributed by atoms with Gasteiger partial charge in [-0.05, 0) is 24.1 Å². The van der Waals surface area contributed by atoms with Gasteiger partial charge in [0.1, 0.15) is 0 Å². The van der Waals surface area contributed by atoms with Crippen LogP contribution in [0.15, 0.2) is 79.1 Å². The Morgan fingerprint density at radius 2 is 1.37 bits per heavy atom. The minimum Gasteiger partial charge on any atom is -0.344 e. The quantitative estimate of drug-likeness (QED) is 0.688. The molecular weight excluding hydrogens is 374 g/mol. The van der Waals surface area contributed by atoms with Gasteiger partial charge in [0, 0.05) is 38.6 Å². The van der Waals surface area contributed by atoms with E-state index in [2.05, 4.69) is 49.4 Å². The van der Waals surface area contributed by atoms with Crippen molar-refractivity contribution in [2.24, 2.45) is 0 Å². The zero-order valence-electron chi connectivity index (χ0n) is 17.2. The Balaban J connectivity index is 1.42. The van der Waals surface area contributed by atoms with Crippen molar-refractivity contribution < 1.29 is 4.79 Å². The molecule has 6 nitrogen and oxygen atoms in total.